The molecule has 0 spiro atoms. The van der Waals surface area contributed by atoms with E-state index in [0.717, 1.165) is 23.5 Å². The zero-order chi connectivity index (χ0) is 23.4. The highest BCUT2D eigenvalue weighted by Crippen LogP contribution is 2.60. The van der Waals surface area contributed by atoms with Crippen molar-refractivity contribution in [1.82, 2.24) is 4.90 Å². The fraction of sp³-hybridized carbons (Fsp3) is 0.500. The summed E-state index contributed by atoms with van der Waals surface area (Å²) in [6.07, 6.45) is -3.92. The lowest BCUT2D eigenvalue weighted by Crippen LogP contribution is -2.38. The first kappa shape index (κ1) is 23.2. The van der Waals surface area contributed by atoms with E-state index in [0.29, 0.717) is 0 Å². The Morgan fingerprint density at radius 1 is 1.06 bits per heavy atom. The van der Waals surface area contributed by atoms with Crippen molar-refractivity contribution in [2.45, 2.75) is 22.3 Å². The number of carbonyl (C=O) groups is 4. The summed E-state index contributed by atoms with van der Waals surface area (Å²) in [7, 11) is 0. The van der Waals surface area contributed by atoms with Crippen LogP contribution in [0.2, 0.25) is 0 Å². The molecular formula is C20H17Br2F3N2O5. The van der Waals surface area contributed by atoms with Crippen molar-refractivity contribution >= 4 is 61.2 Å². The maximum absolute atomic E-state index is 13.0. The number of esters is 1. The number of anilines is 1. The van der Waals surface area contributed by atoms with Crippen molar-refractivity contribution in [2.24, 2.45) is 23.7 Å². The molecule has 1 aromatic carbocycles. The first-order valence-corrected chi connectivity index (χ1v) is 11.6. The SMILES string of the molecule is O=C(COC(=O)CN1C(=O)[C@@H]2[C@H]3C[C@@H]([C@H](Br)[C@H]3Br)[C@H]2C1=O)Nc1ccccc1C(F)(F)F. The number of para-hydroxylation sites is 1. The largest absolute Gasteiger partial charge is 0.454 e. The first-order chi connectivity index (χ1) is 15.0. The van der Waals surface area contributed by atoms with E-state index >= 15 is 0 Å². The molecule has 1 heterocycles. The van der Waals surface area contributed by atoms with Crippen molar-refractivity contribution in [1.29, 1.82) is 0 Å². The van der Waals surface area contributed by atoms with Crippen LogP contribution in [0, 0.1) is 23.7 Å². The predicted octanol–water partition coefficient (Wildman–Crippen LogP) is 2.97. The van der Waals surface area contributed by atoms with Crippen LogP contribution in [0.15, 0.2) is 24.3 Å². The zero-order valence-corrected chi connectivity index (χ0v) is 19.4. The minimum atomic E-state index is -4.67. The second kappa shape index (κ2) is 8.44. The maximum atomic E-state index is 13.0. The van der Waals surface area contributed by atoms with Crippen LogP contribution in [0.3, 0.4) is 0 Å². The monoisotopic (exact) mass is 580 g/mol. The van der Waals surface area contributed by atoms with E-state index in [9.17, 15) is 32.3 Å². The lowest BCUT2D eigenvalue weighted by molar-refractivity contribution is -0.154. The lowest BCUT2D eigenvalue weighted by atomic mass is 9.81. The van der Waals surface area contributed by atoms with Crippen molar-refractivity contribution < 1.29 is 37.1 Å². The van der Waals surface area contributed by atoms with E-state index < -0.39 is 66.1 Å². The van der Waals surface area contributed by atoms with Gasteiger partial charge in [-0.05, 0) is 30.4 Å². The minimum Gasteiger partial charge on any atom is -0.454 e. The molecule has 2 saturated carbocycles. The number of imide groups is 1. The molecule has 12 heteroatoms. The van der Waals surface area contributed by atoms with Gasteiger partial charge in [0.2, 0.25) is 11.8 Å². The van der Waals surface area contributed by atoms with Crippen molar-refractivity contribution in [3.8, 4) is 0 Å². The molecule has 4 rings (SSSR count). The Balaban J connectivity index is 1.33. The molecule has 2 aliphatic carbocycles. The average molecular weight is 582 g/mol. The smallest absolute Gasteiger partial charge is 0.418 e. The predicted molar refractivity (Wildman–Crippen MR) is 112 cm³/mol. The van der Waals surface area contributed by atoms with Crippen LogP contribution in [-0.4, -0.2) is 51.4 Å². The van der Waals surface area contributed by atoms with Gasteiger partial charge in [0, 0.05) is 9.65 Å². The van der Waals surface area contributed by atoms with Crippen LogP contribution in [0.5, 0.6) is 0 Å². The molecule has 172 valence electrons. The van der Waals surface area contributed by atoms with Gasteiger partial charge in [-0.1, -0.05) is 44.0 Å². The third kappa shape index (κ3) is 3.95. The maximum Gasteiger partial charge on any atom is 0.418 e. The third-order valence-electron chi connectivity index (χ3n) is 6.24. The van der Waals surface area contributed by atoms with Crippen LogP contribution >= 0.6 is 31.9 Å². The molecular weight excluding hydrogens is 565 g/mol. The van der Waals surface area contributed by atoms with Crippen molar-refractivity contribution in [2.75, 3.05) is 18.5 Å². The molecule has 32 heavy (non-hydrogen) atoms. The van der Waals surface area contributed by atoms with E-state index in [2.05, 4.69) is 37.2 Å². The molecule has 1 saturated heterocycles. The number of rotatable bonds is 5. The highest BCUT2D eigenvalue weighted by Gasteiger charge is 2.66. The number of alkyl halides is 5. The average Bonchev–Trinajstić information content (AvgIpc) is 3.33. The number of hydrogen-bond donors (Lipinski definition) is 1. The summed E-state index contributed by atoms with van der Waals surface area (Å²) >= 11 is 7.13. The number of amides is 3. The number of nitrogens with zero attached hydrogens (tertiary/aromatic N) is 1. The third-order valence-corrected chi connectivity index (χ3v) is 9.44. The first-order valence-electron chi connectivity index (χ1n) is 9.75. The number of nitrogens with one attached hydrogen (secondary N) is 1. The van der Waals surface area contributed by atoms with Crippen LogP contribution in [0.4, 0.5) is 18.9 Å². The highest BCUT2D eigenvalue weighted by molar-refractivity contribution is 9.12. The van der Waals surface area contributed by atoms with Gasteiger partial charge in [-0.15, -0.1) is 0 Å². The number of ether oxygens (including phenoxy) is 1. The molecule has 1 aliphatic heterocycles. The van der Waals surface area contributed by atoms with Gasteiger partial charge < -0.3 is 10.1 Å². The van der Waals surface area contributed by atoms with Crippen LogP contribution in [0.25, 0.3) is 0 Å². The van der Waals surface area contributed by atoms with Crippen LogP contribution in [-0.2, 0) is 30.1 Å². The van der Waals surface area contributed by atoms with Gasteiger partial charge >= 0.3 is 12.1 Å². The summed E-state index contributed by atoms with van der Waals surface area (Å²) in [5, 5.41) is 2.05. The Kier molecular flexibility index (Phi) is 6.12. The normalized spacial score (nSPS) is 31.1. The number of carbonyl (C=O) groups excluding carboxylic acids is 4. The van der Waals surface area contributed by atoms with Gasteiger partial charge in [0.15, 0.2) is 6.61 Å². The summed E-state index contributed by atoms with van der Waals surface area (Å²) in [4.78, 5) is 50.6. The molecule has 7 nitrogen and oxygen atoms in total. The van der Waals surface area contributed by atoms with Gasteiger partial charge in [0.05, 0.1) is 23.1 Å². The molecule has 0 unspecified atom stereocenters. The van der Waals surface area contributed by atoms with E-state index in [1.807, 2.05) is 0 Å². The van der Waals surface area contributed by atoms with Gasteiger partial charge in [0.1, 0.15) is 6.54 Å². The second-order valence-corrected chi connectivity index (χ2v) is 10.1. The molecule has 3 aliphatic rings. The standard InChI is InChI=1S/C20H17Br2F3N2O5/c21-16-8-5-9(17(16)22)15-14(8)18(30)27(19(15)31)6-13(29)32-7-12(28)26-11-4-2-1-3-10(11)20(23,24)25/h1-4,8-9,14-17H,5-7H2,(H,26,28)/t8-,9-,14-,15-,16+,17+/m1/s1. The van der Waals surface area contributed by atoms with E-state index in [1.165, 1.54) is 12.1 Å². The molecule has 0 aromatic heterocycles. The topological polar surface area (TPSA) is 92.8 Å². The van der Waals surface area contributed by atoms with E-state index in [1.54, 1.807) is 0 Å². The van der Waals surface area contributed by atoms with Gasteiger partial charge in [-0.2, -0.15) is 13.2 Å². The summed E-state index contributed by atoms with van der Waals surface area (Å²) in [6, 6.07) is 4.39. The molecule has 6 atom stereocenters. The Labute approximate surface area is 197 Å². The zero-order valence-electron chi connectivity index (χ0n) is 16.3. The number of benzene rings is 1. The van der Waals surface area contributed by atoms with E-state index in [-0.39, 0.29) is 21.5 Å². The summed E-state index contributed by atoms with van der Waals surface area (Å²) in [6.45, 7) is -1.50. The molecule has 1 aromatic rings. The Morgan fingerprint density at radius 2 is 1.62 bits per heavy atom. The van der Waals surface area contributed by atoms with Crippen LogP contribution < -0.4 is 5.32 Å². The van der Waals surface area contributed by atoms with Crippen molar-refractivity contribution in [3.63, 3.8) is 0 Å². The summed E-state index contributed by atoms with van der Waals surface area (Å²) in [5.41, 5.74) is -1.51. The lowest BCUT2D eigenvalue weighted by Gasteiger charge is -2.28. The number of fused-ring (bicyclic) bond motifs is 5. The molecule has 3 fully saturated rings. The number of hydrogen-bond acceptors (Lipinski definition) is 5. The van der Waals surface area contributed by atoms with Crippen LogP contribution in [0.1, 0.15) is 12.0 Å². The number of likely N-dealkylation sites (tertiary alicyclic amines) is 1. The Bertz CT molecular complexity index is 956. The molecule has 0 radical (unpaired) electrons. The van der Waals surface area contributed by atoms with Crippen molar-refractivity contribution in [3.05, 3.63) is 29.8 Å². The molecule has 2 bridgehead atoms. The fourth-order valence-corrected chi connectivity index (χ4v) is 6.79. The Morgan fingerprint density at radius 3 is 2.19 bits per heavy atom. The molecule has 1 N–H and O–H groups in total. The minimum absolute atomic E-state index is 0.00803. The fourth-order valence-electron chi connectivity index (χ4n) is 4.91. The molecule has 3 amide bonds. The second-order valence-electron chi connectivity index (χ2n) is 8.02. The van der Waals surface area contributed by atoms with E-state index in [4.69, 9.17) is 4.74 Å². The van der Waals surface area contributed by atoms with Gasteiger partial charge in [0.25, 0.3) is 5.91 Å². The quantitative estimate of drug-likeness (QED) is 0.328. The highest BCUT2D eigenvalue weighted by atomic mass is 79.9. The van der Waals surface area contributed by atoms with Gasteiger partial charge in [-0.3, -0.25) is 24.1 Å². The Hall–Kier alpha value is -1.95. The number of halogens is 5. The summed E-state index contributed by atoms with van der Waals surface area (Å²) in [5.74, 6) is -3.83. The van der Waals surface area contributed by atoms with Gasteiger partial charge in [-0.25, -0.2) is 0 Å². The summed E-state index contributed by atoms with van der Waals surface area (Å²) < 4.78 is 43.8.